The number of hydrogen-bond donors (Lipinski definition) is 2. The van der Waals surface area contributed by atoms with Crippen LogP contribution in [0.4, 0.5) is 5.69 Å². The number of nitrogens with one attached hydrogen (secondary N) is 1. The molecule has 2 rings (SSSR count). The van der Waals surface area contributed by atoms with Gasteiger partial charge in [0, 0.05) is 18.8 Å². The molecular formula is C14H19NO3. The topological polar surface area (TPSA) is 58.6 Å². The molecule has 0 radical (unpaired) electrons. The molecule has 1 heterocycles. The third-order valence-electron chi connectivity index (χ3n) is 3.42. The van der Waals surface area contributed by atoms with Crippen molar-refractivity contribution < 1.29 is 14.6 Å². The second-order valence-electron chi connectivity index (χ2n) is 5.09. The first kappa shape index (κ1) is 12.9. The Balaban J connectivity index is 2.02. The largest absolute Gasteiger partial charge is 0.478 e. The summed E-state index contributed by atoms with van der Waals surface area (Å²) in [6.45, 7) is 5.49. The molecular weight excluding hydrogens is 230 g/mol. The van der Waals surface area contributed by atoms with Crippen molar-refractivity contribution in [2.24, 2.45) is 0 Å². The lowest BCUT2D eigenvalue weighted by Gasteiger charge is -2.24. The minimum absolute atomic E-state index is 0.0978. The first-order valence-corrected chi connectivity index (χ1v) is 6.22. The first-order chi connectivity index (χ1) is 8.50. The molecule has 1 aliphatic heterocycles. The Bertz CT molecular complexity index is 450. The lowest BCUT2D eigenvalue weighted by Crippen LogP contribution is -2.32. The minimum Gasteiger partial charge on any atom is -0.478 e. The summed E-state index contributed by atoms with van der Waals surface area (Å²) in [5, 5.41) is 12.3. The fourth-order valence-corrected chi connectivity index (χ4v) is 2.28. The SMILES string of the molecule is Cc1cc(NCC2(C)CCCO2)ccc1C(=O)O. The van der Waals surface area contributed by atoms with Crippen LogP contribution in [-0.2, 0) is 4.74 Å². The van der Waals surface area contributed by atoms with Gasteiger partial charge in [0.2, 0.25) is 0 Å². The second kappa shape index (κ2) is 4.98. The van der Waals surface area contributed by atoms with E-state index in [2.05, 4.69) is 12.2 Å². The van der Waals surface area contributed by atoms with Gasteiger partial charge in [-0.25, -0.2) is 4.79 Å². The van der Waals surface area contributed by atoms with Gasteiger partial charge in [0.1, 0.15) is 0 Å². The standard InChI is InChI=1S/C14H19NO3/c1-10-8-11(4-5-12(10)13(16)17)15-9-14(2)6-3-7-18-14/h4-5,8,15H,3,6-7,9H2,1-2H3,(H,16,17). The summed E-state index contributed by atoms with van der Waals surface area (Å²) in [5.41, 5.74) is 1.96. The zero-order chi connectivity index (χ0) is 13.2. The molecule has 0 aromatic heterocycles. The highest BCUT2D eigenvalue weighted by atomic mass is 16.5. The Morgan fingerprint density at radius 1 is 1.56 bits per heavy atom. The van der Waals surface area contributed by atoms with Crippen LogP contribution in [0, 0.1) is 6.92 Å². The lowest BCUT2D eigenvalue weighted by molar-refractivity contribution is 0.0315. The normalized spacial score (nSPS) is 23.0. The van der Waals surface area contributed by atoms with E-state index >= 15 is 0 Å². The Labute approximate surface area is 107 Å². The van der Waals surface area contributed by atoms with E-state index in [1.54, 1.807) is 12.1 Å². The molecule has 1 aromatic carbocycles. The summed E-state index contributed by atoms with van der Waals surface area (Å²) in [6.07, 6.45) is 2.17. The van der Waals surface area contributed by atoms with Crippen molar-refractivity contribution in [3.63, 3.8) is 0 Å². The van der Waals surface area contributed by atoms with Crippen LogP contribution >= 0.6 is 0 Å². The molecule has 4 heteroatoms. The van der Waals surface area contributed by atoms with E-state index < -0.39 is 5.97 Å². The number of hydrogen-bond acceptors (Lipinski definition) is 3. The smallest absolute Gasteiger partial charge is 0.335 e. The summed E-state index contributed by atoms with van der Waals surface area (Å²) in [5.74, 6) is -0.884. The Morgan fingerprint density at radius 3 is 2.89 bits per heavy atom. The Hall–Kier alpha value is -1.55. The van der Waals surface area contributed by atoms with Crippen LogP contribution in [0.25, 0.3) is 0 Å². The van der Waals surface area contributed by atoms with Crippen molar-refractivity contribution in [3.8, 4) is 0 Å². The third-order valence-corrected chi connectivity index (χ3v) is 3.42. The minimum atomic E-state index is -0.884. The van der Waals surface area contributed by atoms with Crippen LogP contribution in [0.2, 0.25) is 0 Å². The highest BCUT2D eigenvalue weighted by molar-refractivity contribution is 5.89. The quantitative estimate of drug-likeness (QED) is 0.861. The van der Waals surface area contributed by atoms with Crippen LogP contribution < -0.4 is 5.32 Å². The lowest BCUT2D eigenvalue weighted by atomic mass is 10.0. The number of carboxylic acid groups (broad SMARTS) is 1. The second-order valence-corrected chi connectivity index (χ2v) is 5.09. The molecule has 1 saturated heterocycles. The van der Waals surface area contributed by atoms with Crippen LogP contribution in [0.15, 0.2) is 18.2 Å². The number of carboxylic acids is 1. The molecule has 0 spiro atoms. The summed E-state index contributed by atoms with van der Waals surface area (Å²) in [6, 6.07) is 5.30. The van der Waals surface area contributed by atoms with E-state index in [1.807, 2.05) is 13.0 Å². The van der Waals surface area contributed by atoms with E-state index in [4.69, 9.17) is 9.84 Å². The van der Waals surface area contributed by atoms with Crippen LogP contribution in [0.5, 0.6) is 0 Å². The highest BCUT2D eigenvalue weighted by Gasteiger charge is 2.29. The predicted molar refractivity (Wildman–Crippen MR) is 70.2 cm³/mol. The van der Waals surface area contributed by atoms with Gasteiger partial charge in [0.15, 0.2) is 0 Å². The van der Waals surface area contributed by atoms with Crippen molar-refractivity contribution in [2.45, 2.75) is 32.3 Å². The van der Waals surface area contributed by atoms with Crippen molar-refractivity contribution >= 4 is 11.7 Å². The number of aryl methyl sites for hydroxylation is 1. The molecule has 18 heavy (non-hydrogen) atoms. The van der Waals surface area contributed by atoms with Gasteiger partial charge in [-0.2, -0.15) is 0 Å². The van der Waals surface area contributed by atoms with Crippen LogP contribution in [0.1, 0.15) is 35.7 Å². The van der Waals surface area contributed by atoms with E-state index in [-0.39, 0.29) is 5.60 Å². The maximum atomic E-state index is 10.9. The molecule has 4 nitrogen and oxygen atoms in total. The fraction of sp³-hybridized carbons (Fsp3) is 0.500. The van der Waals surface area contributed by atoms with Gasteiger partial charge in [-0.1, -0.05) is 0 Å². The molecule has 2 N–H and O–H groups in total. The number of benzene rings is 1. The molecule has 0 amide bonds. The van der Waals surface area contributed by atoms with E-state index in [0.29, 0.717) is 5.56 Å². The molecule has 0 aliphatic carbocycles. The van der Waals surface area contributed by atoms with Gasteiger partial charge < -0.3 is 15.2 Å². The molecule has 0 saturated carbocycles. The monoisotopic (exact) mass is 249 g/mol. The van der Waals surface area contributed by atoms with Gasteiger partial charge in [-0.3, -0.25) is 0 Å². The van der Waals surface area contributed by atoms with Crippen LogP contribution in [-0.4, -0.2) is 29.8 Å². The summed E-state index contributed by atoms with van der Waals surface area (Å²) in [7, 11) is 0. The molecule has 1 fully saturated rings. The maximum absolute atomic E-state index is 10.9. The van der Waals surface area contributed by atoms with Crippen molar-refractivity contribution in [3.05, 3.63) is 29.3 Å². The predicted octanol–water partition coefficient (Wildman–Crippen LogP) is 2.67. The van der Waals surface area contributed by atoms with Gasteiger partial charge in [-0.05, 0) is 50.5 Å². The molecule has 1 atom stereocenters. The average Bonchev–Trinajstić information content (AvgIpc) is 2.74. The molecule has 1 aliphatic rings. The molecule has 0 bridgehead atoms. The Morgan fingerprint density at radius 2 is 2.33 bits per heavy atom. The van der Waals surface area contributed by atoms with E-state index in [9.17, 15) is 4.79 Å². The van der Waals surface area contributed by atoms with Gasteiger partial charge >= 0.3 is 5.97 Å². The molecule has 1 aromatic rings. The first-order valence-electron chi connectivity index (χ1n) is 6.22. The third kappa shape index (κ3) is 2.82. The van der Waals surface area contributed by atoms with E-state index in [1.165, 1.54) is 0 Å². The van der Waals surface area contributed by atoms with Crippen molar-refractivity contribution in [1.82, 2.24) is 0 Å². The number of anilines is 1. The zero-order valence-corrected chi connectivity index (χ0v) is 10.8. The molecule has 98 valence electrons. The number of carbonyl (C=O) groups is 1. The fourth-order valence-electron chi connectivity index (χ4n) is 2.28. The van der Waals surface area contributed by atoms with Crippen molar-refractivity contribution in [1.29, 1.82) is 0 Å². The zero-order valence-electron chi connectivity index (χ0n) is 10.8. The van der Waals surface area contributed by atoms with Crippen molar-refractivity contribution in [2.75, 3.05) is 18.5 Å². The highest BCUT2D eigenvalue weighted by Crippen LogP contribution is 2.25. The maximum Gasteiger partial charge on any atom is 0.335 e. The van der Waals surface area contributed by atoms with Gasteiger partial charge in [-0.15, -0.1) is 0 Å². The van der Waals surface area contributed by atoms with Gasteiger partial charge in [0.25, 0.3) is 0 Å². The van der Waals surface area contributed by atoms with Gasteiger partial charge in [0.05, 0.1) is 11.2 Å². The number of rotatable bonds is 4. The summed E-state index contributed by atoms with van der Waals surface area (Å²) < 4.78 is 5.70. The van der Waals surface area contributed by atoms with E-state index in [0.717, 1.165) is 37.2 Å². The van der Waals surface area contributed by atoms with Crippen LogP contribution in [0.3, 0.4) is 0 Å². The summed E-state index contributed by atoms with van der Waals surface area (Å²) in [4.78, 5) is 10.9. The average molecular weight is 249 g/mol. The number of aromatic carboxylic acids is 1. The number of ether oxygens (including phenoxy) is 1. The summed E-state index contributed by atoms with van der Waals surface area (Å²) >= 11 is 0. The molecule has 1 unspecified atom stereocenters. The Kier molecular flexibility index (Phi) is 3.57.